The highest BCUT2D eigenvalue weighted by molar-refractivity contribution is 8.18. The highest BCUT2D eigenvalue weighted by atomic mass is 32.2. The van der Waals surface area contributed by atoms with E-state index in [0.717, 1.165) is 32.7 Å². The third-order valence-corrected chi connectivity index (χ3v) is 5.54. The number of rotatable bonds is 5. The Bertz CT molecular complexity index is 923. The minimum absolute atomic E-state index is 0.306. The van der Waals surface area contributed by atoms with Gasteiger partial charge in [-0.15, -0.1) is 11.8 Å². The summed E-state index contributed by atoms with van der Waals surface area (Å²) in [4.78, 5) is 39.3. The van der Waals surface area contributed by atoms with E-state index in [1.165, 1.54) is 0 Å². The number of aryl methyl sites for hydroxylation is 1. The largest absolute Gasteiger partial charge is 0.324 e. The van der Waals surface area contributed by atoms with Crippen molar-refractivity contribution in [3.8, 4) is 0 Å². The number of hydrogen-bond donors (Lipinski definition) is 1. The zero-order valence-corrected chi connectivity index (χ0v) is 16.5. The van der Waals surface area contributed by atoms with Crippen molar-refractivity contribution in [1.29, 1.82) is 0 Å². The summed E-state index contributed by atoms with van der Waals surface area (Å²) in [6.07, 6.45) is 3.62. The molecule has 0 radical (unpaired) electrons. The number of nitrogens with one attached hydrogen (secondary N) is 1. The Kier molecular flexibility index (Phi) is 6.03. The molecule has 0 aliphatic carbocycles. The van der Waals surface area contributed by atoms with Crippen molar-refractivity contribution < 1.29 is 14.4 Å². The predicted molar refractivity (Wildman–Crippen MR) is 111 cm³/mol. The number of carbonyl (C=O) groups excluding carboxylic acids is 3. The average Bonchev–Trinajstić information content (AvgIpc) is 2.91. The lowest BCUT2D eigenvalue weighted by Gasteiger charge is -2.12. The molecule has 5 nitrogen and oxygen atoms in total. The molecule has 2 aromatic rings. The van der Waals surface area contributed by atoms with Crippen molar-refractivity contribution in [2.24, 2.45) is 0 Å². The zero-order chi connectivity index (χ0) is 19.4. The fourth-order valence-electron chi connectivity index (χ4n) is 2.50. The van der Waals surface area contributed by atoms with Crippen LogP contribution < -0.4 is 5.32 Å². The number of hydrogen-bond acceptors (Lipinski definition) is 5. The van der Waals surface area contributed by atoms with E-state index in [-0.39, 0.29) is 6.54 Å². The molecule has 0 bridgehead atoms. The highest BCUT2D eigenvalue weighted by Crippen LogP contribution is 2.32. The Labute approximate surface area is 166 Å². The summed E-state index contributed by atoms with van der Waals surface area (Å²) in [7, 11) is 0. The molecule has 1 aliphatic heterocycles. The number of nitrogens with zero attached hydrogens (tertiary/aromatic N) is 1. The van der Waals surface area contributed by atoms with E-state index in [4.69, 9.17) is 0 Å². The van der Waals surface area contributed by atoms with Gasteiger partial charge in [-0.3, -0.25) is 19.3 Å². The number of anilines is 1. The molecule has 1 heterocycles. The maximum atomic E-state index is 12.5. The van der Waals surface area contributed by atoms with Gasteiger partial charge in [-0.05, 0) is 54.8 Å². The minimum Gasteiger partial charge on any atom is -0.324 e. The summed E-state index contributed by atoms with van der Waals surface area (Å²) in [6, 6.07) is 15.0. The van der Waals surface area contributed by atoms with Crippen LogP contribution in [0.25, 0.3) is 6.08 Å². The van der Waals surface area contributed by atoms with Crippen molar-refractivity contribution in [1.82, 2.24) is 4.90 Å². The summed E-state index contributed by atoms with van der Waals surface area (Å²) in [5.41, 5.74) is 2.58. The molecule has 27 heavy (non-hydrogen) atoms. The van der Waals surface area contributed by atoms with Crippen molar-refractivity contribution in [3.63, 3.8) is 0 Å². The summed E-state index contributed by atoms with van der Waals surface area (Å²) in [5, 5.41) is 2.29. The van der Waals surface area contributed by atoms with E-state index in [1.54, 1.807) is 23.9 Å². The van der Waals surface area contributed by atoms with Gasteiger partial charge in [-0.1, -0.05) is 35.9 Å². The van der Waals surface area contributed by atoms with Gasteiger partial charge in [0.2, 0.25) is 5.91 Å². The van der Waals surface area contributed by atoms with Gasteiger partial charge in [0.1, 0.15) is 6.54 Å². The molecular formula is C20H18N2O3S2. The van der Waals surface area contributed by atoms with Crippen LogP contribution in [-0.4, -0.2) is 34.8 Å². The van der Waals surface area contributed by atoms with Crippen LogP contribution in [0.1, 0.15) is 11.1 Å². The van der Waals surface area contributed by atoms with E-state index in [0.29, 0.717) is 10.6 Å². The Hall–Kier alpha value is -2.51. The summed E-state index contributed by atoms with van der Waals surface area (Å²) >= 11 is 2.42. The van der Waals surface area contributed by atoms with E-state index >= 15 is 0 Å². The Morgan fingerprint density at radius 3 is 2.63 bits per heavy atom. The first kappa shape index (κ1) is 19.3. The molecular weight excluding hydrogens is 380 g/mol. The zero-order valence-electron chi connectivity index (χ0n) is 14.9. The van der Waals surface area contributed by atoms with Crippen molar-refractivity contribution in [3.05, 3.63) is 64.6 Å². The molecule has 3 amide bonds. The first-order valence-corrected chi connectivity index (χ1v) is 10.3. The monoisotopic (exact) mass is 398 g/mol. The molecule has 2 aromatic carbocycles. The molecule has 0 spiro atoms. The molecule has 3 rings (SSSR count). The van der Waals surface area contributed by atoms with E-state index in [2.05, 4.69) is 5.32 Å². The lowest BCUT2D eigenvalue weighted by molar-refractivity contribution is -0.127. The van der Waals surface area contributed by atoms with Crippen molar-refractivity contribution >= 4 is 52.3 Å². The topological polar surface area (TPSA) is 66.5 Å². The standard InChI is InChI=1S/C20H18N2O3S2/c1-13-6-8-14(9-7-13)10-17-19(24)22(20(25)27-17)12-18(23)21-15-4-3-5-16(11-15)26-2/h3-11H,12H2,1-2H3,(H,21,23)/b17-10+. The molecule has 0 atom stereocenters. The number of carbonyl (C=O) groups is 3. The second-order valence-electron chi connectivity index (χ2n) is 5.96. The third-order valence-electron chi connectivity index (χ3n) is 3.90. The van der Waals surface area contributed by atoms with E-state index in [1.807, 2.05) is 55.6 Å². The summed E-state index contributed by atoms with van der Waals surface area (Å²) in [6.45, 7) is 1.67. The van der Waals surface area contributed by atoms with Gasteiger partial charge < -0.3 is 5.32 Å². The third kappa shape index (κ3) is 4.81. The van der Waals surface area contributed by atoms with Crippen LogP contribution in [-0.2, 0) is 9.59 Å². The SMILES string of the molecule is CSc1cccc(NC(=O)CN2C(=O)S/C(=C/c3ccc(C)cc3)C2=O)c1. The summed E-state index contributed by atoms with van der Waals surface area (Å²) < 4.78 is 0. The van der Waals surface area contributed by atoms with Crippen LogP contribution in [0.15, 0.2) is 58.3 Å². The molecule has 7 heteroatoms. The van der Waals surface area contributed by atoms with Crippen LogP contribution >= 0.6 is 23.5 Å². The lowest BCUT2D eigenvalue weighted by Crippen LogP contribution is -2.36. The Balaban J connectivity index is 1.68. The first-order valence-electron chi connectivity index (χ1n) is 8.22. The maximum absolute atomic E-state index is 12.5. The molecule has 138 valence electrons. The van der Waals surface area contributed by atoms with Gasteiger partial charge in [-0.25, -0.2) is 0 Å². The molecule has 1 aliphatic rings. The number of imide groups is 1. The molecule has 0 aromatic heterocycles. The smallest absolute Gasteiger partial charge is 0.294 e. The van der Waals surface area contributed by atoms with Gasteiger partial charge in [0.05, 0.1) is 4.91 Å². The average molecular weight is 399 g/mol. The number of amides is 3. The van der Waals surface area contributed by atoms with Crippen LogP contribution in [0, 0.1) is 6.92 Å². The van der Waals surface area contributed by atoms with Gasteiger partial charge in [-0.2, -0.15) is 0 Å². The van der Waals surface area contributed by atoms with E-state index in [9.17, 15) is 14.4 Å². The van der Waals surface area contributed by atoms with Crippen LogP contribution in [0.3, 0.4) is 0 Å². The molecule has 1 fully saturated rings. The second kappa shape index (κ2) is 8.45. The lowest BCUT2D eigenvalue weighted by atomic mass is 10.1. The fourth-order valence-corrected chi connectivity index (χ4v) is 3.79. The first-order chi connectivity index (χ1) is 13.0. The van der Waals surface area contributed by atoms with Gasteiger partial charge >= 0.3 is 0 Å². The molecule has 0 unspecified atom stereocenters. The normalized spacial score (nSPS) is 15.5. The van der Waals surface area contributed by atoms with Crippen molar-refractivity contribution in [2.75, 3.05) is 18.1 Å². The minimum atomic E-state index is -0.446. The van der Waals surface area contributed by atoms with Crippen LogP contribution in [0.4, 0.5) is 10.5 Å². The van der Waals surface area contributed by atoms with Gasteiger partial charge in [0, 0.05) is 10.6 Å². The molecule has 0 saturated carbocycles. The fraction of sp³-hybridized carbons (Fsp3) is 0.150. The second-order valence-corrected chi connectivity index (χ2v) is 7.83. The molecule has 1 saturated heterocycles. The van der Waals surface area contributed by atoms with Gasteiger partial charge in [0.15, 0.2) is 0 Å². The predicted octanol–water partition coefficient (Wildman–Crippen LogP) is 4.39. The molecule has 1 N–H and O–H groups in total. The van der Waals surface area contributed by atoms with Crippen molar-refractivity contribution in [2.45, 2.75) is 11.8 Å². The summed E-state index contributed by atoms with van der Waals surface area (Å²) in [5.74, 6) is -0.856. The van der Waals surface area contributed by atoms with Crippen LogP contribution in [0.2, 0.25) is 0 Å². The number of thioether (sulfide) groups is 2. The Morgan fingerprint density at radius 1 is 1.19 bits per heavy atom. The van der Waals surface area contributed by atoms with Gasteiger partial charge in [0.25, 0.3) is 11.1 Å². The quantitative estimate of drug-likeness (QED) is 0.598. The van der Waals surface area contributed by atoms with Crippen LogP contribution in [0.5, 0.6) is 0 Å². The maximum Gasteiger partial charge on any atom is 0.294 e. The number of benzene rings is 2. The van der Waals surface area contributed by atoms with E-state index < -0.39 is 17.1 Å². The highest BCUT2D eigenvalue weighted by Gasteiger charge is 2.36. The Morgan fingerprint density at radius 2 is 1.93 bits per heavy atom.